The van der Waals surface area contributed by atoms with Gasteiger partial charge in [-0.15, -0.1) is 0 Å². The summed E-state index contributed by atoms with van der Waals surface area (Å²) in [7, 11) is 0. The third-order valence-electron chi connectivity index (χ3n) is 5.21. The zero-order valence-corrected chi connectivity index (χ0v) is 13.4. The number of hydrogen-bond acceptors (Lipinski definition) is 2. The number of ether oxygens (including phenoxy) is 1. The summed E-state index contributed by atoms with van der Waals surface area (Å²) in [5, 5.41) is 3.62. The molecule has 2 heteroatoms. The average molecular weight is 322 g/mol. The summed E-state index contributed by atoms with van der Waals surface area (Å²) in [5.74, 6) is 0.948. The monoisotopic (exact) mass is 322 g/mol. The number of benzene rings is 3. The van der Waals surface area contributed by atoms with Crippen molar-refractivity contribution in [2.75, 3.05) is 0 Å². The summed E-state index contributed by atoms with van der Waals surface area (Å²) in [6.07, 6.45) is 5.82. The fourth-order valence-electron chi connectivity index (χ4n) is 4.15. The first kappa shape index (κ1) is 13.1. The Kier molecular flexibility index (Phi) is 2.43. The van der Waals surface area contributed by atoms with Gasteiger partial charge in [-0.05, 0) is 22.9 Å². The molecule has 2 aliphatic rings. The highest BCUT2D eigenvalue weighted by atomic mass is 16.5. The number of rotatable bonds is 0. The molecule has 1 aliphatic heterocycles. The van der Waals surface area contributed by atoms with Crippen LogP contribution in [0.1, 0.15) is 17.2 Å². The number of hydrogen-bond donors (Lipinski definition) is 0. The van der Waals surface area contributed by atoms with Crippen LogP contribution in [0.15, 0.2) is 83.5 Å². The fourth-order valence-corrected chi connectivity index (χ4v) is 4.15. The Labute approximate surface area is 144 Å². The molecule has 0 fully saturated rings. The van der Waals surface area contributed by atoms with Crippen LogP contribution in [0, 0.1) is 0 Å². The van der Waals surface area contributed by atoms with Crippen molar-refractivity contribution in [2.24, 2.45) is 0 Å². The lowest BCUT2D eigenvalue weighted by Crippen LogP contribution is -2.12. The van der Waals surface area contributed by atoms with Crippen molar-refractivity contribution in [3.05, 3.63) is 90.2 Å². The van der Waals surface area contributed by atoms with E-state index in [9.17, 15) is 0 Å². The van der Waals surface area contributed by atoms with Crippen molar-refractivity contribution in [3.63, 3.8) is 0 Å². The zero-order chi connectivity index (χ0) is 16.4. The van der Waals surface area contributed by atoms with E-state index in [1.165, 1.54) is 27.3 Å². The van der Waals surface area contributed by atoms with E-state index in [1.54, 1.807) is 6.26 Å². The molecule has 2 nitrogen and oxygen atoms in total. The molecule has 3 aromatic carbocycles. The summed E-state index contributed by atoms with van der Waals surface area (Å²) in [4.78, 5) is 0. The van der Waals surface area contributed by atoms with Crippen LogP contribution in [0.25, 0.3) is 38.6 Å². The molecule has 0 radical (unpaired) electrons. The van der Waals surface area contributed by atoms with Crippen molar-refractivity contribution in [1.29, 1.82) is 0 Å². The molecular weight excluding hydrogens is 308 g/mol. The Morgan fingerprint density at radius 3 is 2.72 bits per heavy atom. The van der Waals surface area contributed by atoms with Gasteiger partial charge in [0.25, 0.3) is 0 Å². The van der Waals surface area contributed by atoms with Crippen molar-refractivity contribution < 1.29 is 9.15 Å². The van der Waals surface area contributed by atoms with Gasteiger partial charge in [0, 0.05) is 27.6 Å². The zero-order valence-electron chi connectivity index (χ0n) is 13.4. The Balaban J connectivity index is 1.84. The van der Waals surface area contributed by atoms with Gasteiger partial charge in [0.1, 0.15) is 17.4 Å². The average Bonchev–Trinajstić information content (AvgIpc) is 3.09. The van der Waals surface area contributed by atoms with Crippen LogP contribution in [0.3, 0.4) is 0 Å². The highest BCUT2D eigenvalue weighted by Gasteiger charge is 2.35. The van der Waals surface area contributed by atoms with Crippen LogP contribution < -0.4 is 0 Å². The summed E-state index contributed by atoms with van der Waals surface area (Å²) in [6, 6.07) is 21.0. The van der Waals surface area contributed by atoms with E-state index in [-0.39, 0.29) is 6.10 Å². The van der Waals surface area contributed by atoms with E-state index in [0.29, 0.717) is 0 Å². The Bertz CT molecular complexity index is 1220. The Morgan fingerprint density at radius 1 is 0.840 bits per heavy atom. The molecule has 0 saturated heterocycles. The quantitative estimate of drug-likeness (QED) is 0.382. The number of furan rings is 1. The van der Waals surface area contributed by atoms with E-state index >= 15 is 0 Å². The van der Waals surface area contributed by atoms with Crippen LogP contribution >= 0.6 is 0 Å². The van der Waals surface area contributed by atoms with Gasteiger partial charge in [0.15, 0.2) is 0 Å². The van der Waals surface area contributed by atoms with Crippen LogP contribution in [-0.2, 0) is 4.74 Å². The third-order valence-corrected chi connectivity index (χ3v) is 5.21. The Morgan fingerprint density at radius 2 is 1.72 bits per heavy atom. The van der Waals surface area contributed by atoms with E-state index in [4.69, 9.17) is 9.15 Å². The molecule has 1 atom stereocenters. The van der Waals surface area contributed by atoms with Crippen LogP contribution in [0.2, 0.25) is 0 Å². The van der Waals surface area contributed by atoms with Crippen molar-refractivity contribution in [1.82, 2.24) is 0 Å². The summed E-state index contributed by atoms with van der Waals surface area (Å²) in [5.41, 5.74) is 5.55. The minimum absolute atomic E-state index is 0.0755. The summed E-state index contributed by atoms with van der Waals surface area (Å²) < 4.78 is 12.4. The summed E-state index contributed by atoms with van der Waals surface area (Å²) >= 11 is 0. The maximum absolute atomic E-state index is 6.35. The van der Waals surface area contributed by atoms with Gasteiger partial charge in [-0.25, -0.2) is 0 Å². The normalized spacial score (nSPS) is 17.6. The van der Waals surface area contributed by atoms with Gasteiger partial charge in [0.05, 0.1) is 6.26 Å². The third kappa shape index (κ3) is 1.64. The first-order valence-corrected chi connectivity index (χ1v) is 8.48. The smallest absolute Gasteiger partial charge is 0.149 e. The van der Waals surface area contributed by atoms with Gasteiger partial charge in [-0.1, -0.05) is 60.7 Å². The number of fused-ring (bicyclic) bond motifs is 10. The largest absolute Gasteiger partial charge is 0.489 e. The minimum Gasteiger partial charge on any atom is -0.489 e. The topological polar surface area (TPSA) is 22.4 Å². The summed E-state index contributed by atoms with van der Waals surface area (Å²) in [6.45, 7) is 0. The molecule has 2 heterocycles. The highest BCUT2D eigenvalue weighted by molar-refractivity contribution is 6.14. The van der Waals surface area contributed by atoms with Crippen LogP contribution in [0.4, 0.5) is 0 Å². The van der Waals surface area contributed by atoms with Crippen LogP contribution in [-0.4, -0.2) is 0 Å². The second-order valence-corrected chi connectivity index (χ2v) is 6.52. The lowest BCUT2D eigenvalue weighted by Gasteiger charge is -2.29. The first-order chi connectivity index (χ1) is 12.4. The molecule has 0 saturated carbocycles. The van der Waals surface area contributed by atoms with Crippen molar-refractivity contribution in [3.8, 4) is 11.3 Å². The second-order valence-electron chi connectivity index (χ2n) is 6.52. The second kappa shape index (κ2) is 4.64. The predicted octanol–water partition coefficient (Wildman–Crippen LogP) is 6.24. The maximum Gasteiger partial charge on any atom is 0.149 e. The van der Waals surface area contributed by atoms with E-state index in [1.807, 2.05) is 6.08 Å². The highest BCUT2D eigenvalue weighted by Crippen LogP contribution is 2.52. The van der Waals surface area contributed by atoms with E-state index < -0.39 is 0 Å². The molecule has 6 rings (SSSR count). The van der Waals surface area contributed by atoms with E-state index in [0.717, 1.165) is 22.5 Å². The van der Waals surface area contributed by atoms with Gasteiger partial charge in [-0.3, -0.25) is 0 Å². The van der Waals surface area contributed by atoms with Gasteiger partial charge >= 0.3 is 0 Å². The van der Waals surface area contributed by atoms with Crippen molar-refractivity contribution in [2.45, 2.75) is 6.10 Å². The predicted molar refractivity (Wildman–Crippen MR) is 100 cm³/mol. The van der Waals surface area contributed by atoms with Gasteiger partial charge < -0.3 is 9.15 Å². The van der Waals surface area contributed by atoms with Crippen molar-refractivity contribution >= 4 is 27.3 Å². The van der Waals surface area contributed by atoms with Crippen LogP contribution in [0.5, 0.6) is 0 Å². The molecule has 1 aliphatic carbocycles. The molecular formula is C23H14O2. The number of allylic oxidation sites excluding steroid dienone is 2. The molecule has 118 valence electrons. The molecule has 1 aromatic heterocycles. The lowest BCUT2D eigenvalue weighted by atomic mass is 9.82. The molecule has 0 N–H and O–H groups in total. The minimum atomic E-state index is -0.0755. The maximum atomic E-state index is 6.35. The molecule has 0 amide bonds. The first-order valence-electron chi connectivity index (χ1n) is 8.48. The lowest BCUT2D eigenvalue weighted by molar-refractivity contribution is 0.194. The fraction of sp³-hybridized carbons (Fsp3) is 0.0435. The standard InChI is InChI=1S/C23H14O2/c1-2-7-15-14(6-1)11-12-19-20(15)21-18-10-5-13-24-22(18)16-8-3-4-9-17(16)23(21)25-19/h1-13,22H. The van der Waals surface area contributed by atoms with Gasteiger partial charge in [0.2, 0.25) is 0 Å². The molecule has 4 aromatic rings. The SMILES string of the molecule is C1=COC2C(=C1)c1c(oc3ccc4ccccc4c13)-c1ccccc12. The van der Waals surface area contributed by atoms with Gasteiger partial charge in [-0.2, -0.15) is 0 Å². The molecule has 1 unspecified atom stereocenters. The molecule has 0 bridgehead atoms. The van der Waals surface area contributed by atoms with E-state index in [2.05, 4.69) is 66.7 Å². The molecule has 0 spiro atoms. The molecule has 25 heavy (non-hydrogen) atoms. The Hall–Kier alpha value is -3.26.